The average molecular weight is 298 g/mol. The summed E-state index contributed by atoms with van der Waals surface area (Å²) in [6.45, 7) is 13.9. The zero-order valence-corrected chi connectivity index (χ0v) is 14.5. The van der Waals surface area contributed by atoms with Gasteiger partial charge >= 0.3 is 0 Å². The molecule has 1 heterocycles. The summed E-state index contributed by atoms with van der Waals surface area (Å²) in [6, 6.07) is 0. The number of rotatable bonds is 7. The van der Waals surface area contributed by atoms with Gasteiger partial charge in [-0.25, -0.2) is 0 Å². The lowest BCUT2D eigenvalue weighted by atomic mass is 10.1. The van der Waals surface area contributed by atoms with Crippen LogP contribution in [-0.2, 0) is 4.74 Å². The molecular weight excluding hydrogens is 264 g/mol. The first-order valence-electron chi connectivity index (χ1n) is 8.33. The first-order valence-corrected chi connectivity index (χ1v) is 8.33. The van der Waals surface area contributed by atoms with Crippen molar-refractivity contribution >= 4 is 5.96 Å². The Labute approximate surface area is 130 Å². The number of morpholine rings is 1. The summed E-state index contributed by atoms with van der Waals surface area (Å²) in [6.07, 6.45) is 3.01. The number of aliphatic imine (C=N–C) groups is 1. The van der Waals surface area contributed by atoms with Gasteiger partial charge in [0, 0.05) is 39.8 Å². The molecule has 0 bridgehead atoms. The molecule has 1 saturated heterocycles. The monoisotopic (exact) mass is 298 g/mol. The minimum absolute atomic E-state index is 0.354. The molecule has 2 unspecified atom stereocenters. The van der Waals surface area contributed by atoms with E-state index in [1.54, 1.807) is 0 Å². The van der Waals surface area contributed by atoms with Crippen molar-refractivity contribution in [3.8, 4) is 0 Å². The molecule has 0 aromatic carbocycles. The Morgan fingerprint density at radius 3 is 2.38 bits per heavy atom. The van der Waals surface area contributed by atoms with E-state index in [0.717, 1.165) is 51.0 Å². The Balaban J connectivity index is 2.11. The van der Waals surface area contributed by atoms with E-state index in [4.69, 9.17) is 4.74 Å². The van der Waals surface area contributed by atoms with E-state index < -0.39 is 0 Å². The lowest BCUT2D eigenvalue weighted by molar-refractivity contribution is -0.0679. The first-order chi connectivity index (χ1) is 10.0. The van der Waals surface area contributed by atoms with Crippen molar-refractivity contribution in [2.75, 3.05) is 39.8 Å². The Morgan fingerprint density at radius 2 is 1.81 bits per heavy atom. The second kappa shape index (κ2) is 10.0. The molecule has 0 aliphatic carbocycles. The summed E-state index contributed by atoms with van der Waals surface area (Å²) in [7, 11) is 1.83. The van der Waals surface area contributed by atoms with E-state index in [1.807, 2.05) is 7.05 Å². The third-order valence-corrected chi connectivity index (χ3v) is 3.68. The molecule has 2 N–H and O–H groups in total. The molecule has 0 saturated carbocycles. The van der Waals surface area contributed by atoms with Crippen molar-refractivity contribution in [1.82, 2.24) is 15.5 Å². The molecule has 1 fully saturated rings. The van der Waals surface area contributed by atoms with Gasteiger partial charge in [-0.15, -0.1) is 0 Å². The summed E-state index contributed by atoms with van der Waals surface area (Å²) >= 11 is 0. The van der Waals surface area contributed by atoms with E-state index in [1.165, 1.54) is 6.42 Å². The van der Waals surface area contributed by atoms with Crippen LogP contribution in [0.3, 0.4) is 0 Å². The van der Waals surface area contributed by atoms with Gasteiger partial charge in [-0.2, -0.15) is 0 Å². The van der Waals surface area contributed by atoms with Crippen molar-refractivity contribution in [3.05, 3.63) is 0 Å². The van der Waals surface area contributed by atoms with Crippen LogP contribution in [0.25, 0.3) is 0 Å². The van der Waals surface area contributed by atoms with Crippen LogP contribution in [0.2, 0.25) is 0 Å². The van der Waals surface area contributed by atoms with Gasteiger partial charge in [-0.1, -0.05) is 13.8 Å². The topological polar surface area (TPSA) is 48.9 Å². The third-order valence-electron chi connectivity index (χ3n) is 3.68. The normalized spacial score (nSPS) is 24.4. The predicted octanol–water partition coefficient (Wildman–Crippen LogP) is 1.70. The van der Waals surface area contributed by atoms with Crippen LogP contribution >= 0.6 is 0 Å². The Morgan fingerprint density at radius 1 is 1.19 bits per heavy atom. The molecule has 21 heavy (non-hydrogen) atoms. The van der Waals surface area contributed by atoms with Crippen LogP contribution in [-0.4, -0.2) is 62.8 Å². The summed E-state index contributed by atoms with van der Waals surface area (Å²) in [5.74, 6) is 1.64. The van der Waals surface area contributed by atoms with E-state index in [2.05, 4.69) is 48.2 Å². The van der Waals surface area contributed by atoms with Crippen LogP contribution in [0.1, 0.15) is 40.5 Å². The van der Waals surface area contributed by atoms with Gasteiger partial charge in [0.2, 0.25) is 0 Å². The van der Waals surface area contributed by atoms with Crippen LogP contribution in [0.4, 0.5) is 0 Å². The van der Waals surface area contributed by atoms with Crippen LogP contribution in [0.15, 0.2) is 4.99 Å². The van der Waals surface area contributed by atoms with E-state index in [9.17, 15) is 0 Å². The molecule has 1 rings (SSSR count). The summed E-state index contributed by atoms with van der Waals surface area (Å²) in [5, 5.41) is 6.74. The van der Waals surface area contributed by atoms with Crippen molar-refractivity contribution in [2.24, 2.45) is 10.9 Å². The Bertz CT molecular complexity index is 297. The zero-order chi connectivity index (χ0) is 15.7. The van der Waals surface area contributed by atoms with Crippen LogP contribution in [0, 0.1) is 5.92 Å². The fraction of sp³-hybridized carbons (Fsp3) is 0.938. The van der Waals surface area contributed by atoms with Gasteiger partial charge in [0.05, 0.1) is 12.2 Å². The van der Waals surface area contributed by atoms with Gasteiger partial charge < -0.3 is 15.4 Å². The maximum Gasteiger partial charge on any atom is 0.190 e. The smallest absolute Gasteiger partial charge is 0.190 e. The fourth-order valence-corrected chi connectivity index (χ4v) is 2.68. The molecule has 0 amide bonds. The Kier molecular flexibility index (Phi) is 8.69. The van der Waals surface area contributed by atoms with Gasteiger partial charge in [0.1, 0.15) is 0 Å². The molecule has 1 aliphatic heterocycles. The molecule has 2 atom stereocenters. The number of nitrogens with one attached hydrogen (secondary N) is 2. The largest absolute Gasteiger partial charge is 0.373 e. The summed E-state index contributed by atoms with van der Waals surface area (Å²) in [5.41, 5.74) is 0. The van der Waals surface area contributed by atoms with Gasteiger partial charge in [-0.05, 0) is 32.6 Å². The number of hydrogen-bond donors (Lipinski definition) is 2. The molecule has 0 aromatic rings. The van der Waals surface area contributed by atoms with Gasteiger partial charge in [0.25, 0.3) is 0 Å². The number of guanidine groups is 1. The SMILES string of the molecule is CN=C(NCCCN1CC(C)OC(C)C1)NCCC(C)C. The molecule has 0 radical (unpaired) electrons. The quantitative estimate of drug-likeness (QED) is 0.427. The fourth-order valence-electron chi connectivity index (χ4n) is 2.68. The predicted molar refractivity (Wildman–Crippen MR) is 89.9 cm³/mol. The highest BCUT2D eigenvalue weighted by Gasteiger charge is 2.21. The molecule has 1 aliphatic rings. The van der Waals surface area contributed by atoms with Crippen molar-refractivity contribution < 1.29 is 4.74 Å². The molecule has 0 spiro atoms. The van der Waals surface area contributed by atoms with Gasteiger partial charge in [-0.3, -0.25) is 9.89 Å². The van der Waals surface area contributed by atoms with Crippen LogP contribution < -0.4 is 10.6 Å². The highest BCUT2D eigenvalue weighted by molar-refractivity contribution is 5.79. The van der Waals surface area contributed by atoms with Gasteiger partial charge in [0.15, 0.2) is 5.96 Å². The third kappa shape index (κ3) is 8.27. The molecule has 5 nitrogen and oxygen atoms in total. The maximum absolute atomic E-state index is 5.76. The maximum atomic E-state index is 5.76. The summed E-state index contributed by atoms with van der Waals surface area (Å²) in [4.78, 5) is 6.75. The standard InChI is InChI=1S/C16H34N4O/c1-13(2)7-9-19-16(17-5)18-8-6-10-20-11-14(3)21-15(4)12-20/h13-15H,6-12H2,1-5H3,(H2,17,18,19). The average Bonchev–Trinajstić information content (AvgIpc) is 2.40. The summed E-state index contributed by atoms with van der Waals surface area (Å²) < 4.78 is 5.76. The lowest BCUT2D eigenvalue weighted by Gasteiger charge is -2.35. The van der Waals surface area contributed by atoms with E-state index in [0.29, 0.717) is 12.2 Å². The molecule has 5 heteroatoms. The second-order valence-electron chi connectivity index (χ2n) is 6.48. The van der Waals surface area contributed by atoms with Crippen molar-refractivity contribution in [1.29, 1.82) is 0 Å². The van der Waals surface area contributed by atoms with Crippen molar-refractivity contribution in [2.45, 2.75) is 52.7 Å². The minimum Gasteiger partial charge on any atom is -0.373 e. The Hall–Kier alpha value is -0.810. The lowest BCUT2D eigenvalue weighted by Crippen LogP contribution is -2.46. The molecular formula is C16H34N4O. The first kappa shape index (κ1) is 18.2. The number of ether oxygens (including phenoxy) is 1. The number of nitrogens with zero attached hydrogens (tertiary/aromatic N) is 2. The highest BCUT2D eigenvalue weighted by Crippen LogP contribution is 2.10. The van der Waals surface area contributed by atoms with Crippen LogP contribution in [0.5, 0.6) is 0 Å². The number of hydrogen-bond acceptors (Lipinski definition) is 3. The van der Waals surface area contributed by atoms with E-state index in [-0.39, 0.29) is 0 Å². The highest BCUT2D eigenvalue weighted by atomic mass is 16.5. The zero-order valence-electron chi connectivity index (χ0n) is 14.5. The molecule has 124 valence electrons. The second-order valence-corrected chi connectivity index (χ2v) is 6.48. The molecule has 0 aromatic heterocycles. The van der Waals surface area contributed by atoms with E-state index >= 15 is 0 Å². The minimum atomic E-state index is 0.354. The van der Waals surface area contributed by atoms with Crippen molar-refractivity contribution in [3.63, 3.8) is 0 Å².